The summed E-state index contributed by atoms with van der Waals surface area (Å²) in [5.74, 6) is 0. The van der Waals surface area contributed by atoms with Crippen molar-refractivity contribution in [2.45, 2.75) is 38.1 Å². The molecular weight excluding hydrogens is 356 g/mol. The van der Waals surface area contributed by atoms with Crippen LogP contribution in [0.25, 0.3) is 0 Å². The van der Waals surface area contributed by atoms with Gasteiger partial charge in [-0.1, -0.05) is 91.0 Å². The second kappa shape index (κ2) is 10.1. The van der Waals surface area contributed by atoms with E-state index in [0.29, 0.717) is 19.5 Å². The standard InChI is InChI=1S/C24H25F2NO/c25-24(26)23(28)22(16-19-10-4-1-5-11-19)27(17-20-12-6-2-7-13-20)18-21-14-8-3-9-15-21/h1-15,22-24,28H,16-18H2/t22-,23-/m0/s1. The van der Waals surface area contributed by atoms with Gasteiger partial charge in [-0.2, -0.15) is 0 Å². The van der Waals surface area contributed by atoms with E-state index >= 15 is 0 Å². The molecule has 0 bridgehead atoms. The Kier molecular flexibility index (Phi) is 7.29. The Morgan fingerprint density at radius 1 is 0.643 bits per heavy atom. The number of alkyl halides is 2. The maximum Gasteiger partial charge on any atom is 0.265 e. The fourth-order valence-electron chi connectivity index (χ4n) is 3.42. The summed E-state index contributed by atoms with van der Waals surface area (Å²) in [6.45, 7) is 0.966. The Bertz CT molecular complexity index is 770. The van der Waals surface area contributed by atoms with Crippen LogP contribution in [0.4, 0.5) is 8.78 Å². The van der Waals surface area contributed by atoms with Crippen LogP contribution < -0.4 is 0 Å². The predicted molar refractivity (Wildman–Crippen MR) is 108 cm³/mol. The fourth-order valence-corrected chi connectivity index (χ4v) is 3.42. The third-order valence-corrected chi connectivity index (χ3v) is 4.87. The largest absolute Gasteiger partial charge is 0.386 e. The molecule has 3 aromatic rings. The number of rotatable bonds is 9. The van der Waals surface area contributed by atoms with E-state index in [2.05, 4.69) is 0 Å². The smallest absolute Gasteiger partial charge is 0.265 e. The molecule has 4 heteroatoms. The zero-order valence-electron chi connectivity index (χ0n) is 15.7. The first-order chi connectivity index (χ1) is 13.6. The van der Waals surface area contributed by atoms with Crippen LogP contribution in [0.2, 0.25) is 0 Å². The van der Waals surface area contributed by atoms with Gasteiger partial charge in [-0.25, -0.2) is 8.78 Å². The third-order valence-electron chi connectivity index (χ3n) is 4.87. The Balaban J connectivity index is 1.91. The molecule has 146 valence electrons. The number of hydrogen-bond acceptors (Lipinski definition) is 2. The van der Waals surface area contributed by atoms with Crippen molar-refractivity contribution in [3.63, 3.8) is 0 Å². The average Bonchev–Trinajstić information content (AvgIpc) is 2.73. The van der Waals surface area contributed by atoms with Gasteiger partial charge in [0.05, 0.1) is 0 Å². The zero-order valence-corrected chi connectivity index (χ0v) is 15.7. The lowest BCUT2D eigenvalue weighted by molar-refractivity contribution is -0.0609. The van der Waals surface area contributed by atoms with Crippen LogP contribution >= 0.6 is 0 Å². The van der Waals surface area contributed by atoms with E-state index in [-0.39, 0.29) is 0 Å². The molecule has 2 nitrogen and oxygen atoms in total. The van der Waals surface area contributed by atoms with E-state index < -0.39 is 18.6 Å². The summed E-state index contributed by atoms with van der Waals surface area (Å²) in [4.78, 5) is 1.95. The molecule has 3 rings (SSSR count). The van der Waals surface area contributed by atoms with Crippen LogP contribution in [-0.4, -0.2) is 28.6 Å². The molecule has 0 aliphatic heterocycles. The van der Waals surface area contributed by atoms with Gasteiger partial charge in [-0.15, -0.1) is 0 Å². The second-order valence-corrected chi connectivity index (χ2v) is 6.96. The van der Waals surface area contributed by atoms with Gasteiger partial charge in [-0.05, 0) is 23.1 Å². The van der Waals surface area contributed by atoms with Gasteiger partial charge in [-0.3, -0.25) is 4.90 Å². The Morgan fingerprint density at radius 2 is 1.04 bits per heavy atom. The minimum Gasteiger partial charge on any atom is -0.386 e. The first kappa shape index (κ1) is 20.2. The highest BCUT2D eigenvalue weighted by Crippen LogP contribution is 2.22. The first-order valence-corrected chi connectivity index (χ1v) is 9.45. The van der Waals surface area contributed by atoms with E-state index in [9.17, 15) is 13.9 Å². The van der Waals surface area contributed by atoms with Crippen LogP contribution in [0.15, 0.2) is 91.0 Å². The first-order valence-electron chi connectivity index (χ1n) is 9.45. The molecule has 0 saturated carbocycles. The summed E-state index contributed by atoms with van der Waals surface area (Å²) in [6, 6.07) is 28.3. The SMILES string of the molecule is O[C@H](C(F)F)[C@H](Cc1ccccc1)N(Cc1ccccc1)Cc1ccccc1. The molecule has 0 saturated heterocycles. The van der Waals surface area contributed by atoms with E-state index in [1.54, 1.807) is 0 Å². The Labute approximate surface area is 165 Å². The van der Waals surface area contributed by atoms with E-state index in [1.807, 2.05) is 95.9 Å². The average molecular weight is 381 g/mol. The molecule has 28 heavy (non-hydrogen) atoms. The quantitative estimate of drug-likeness (QED) is 0.568. The summed E-state index contributed by atoms with van der Waals surface area (Å²) in [6.07, 6.45) is -4.18. The van der Waals surface area contributed by atoms with E-state index in [4.69, 9.17) is 0 Å². The molecule has 0 spiro atoms. The molecule has 0 fully saturated rings. The molecule has 0 unspecified atom stereocenters. The lowest BCUT2D eigenvalue weighted by Crippen LogP contribution is -2.47. The van der Waals surface area contributed by atoms with Crippen molar-refractivity contribution in [1.82, 2.24) is 4.90 Å². The normalized spacial score (nSPS) is 13.6. The van der Waals surface area contributed by atoms with Gasteiger partial charge in [0.15, 0.2) is 0 Å². The minimum atomic E-state index is -2.80. The monoisotopic (exact) mass is 381 g/mol. The maximum absolute atomic E-state index is 13.5. The molecule has 1 N–H and O–H groups in total. The number of aliphatic hydroxyl groups excluding tert-OH is 1. The second-order valence-electron chi connectivity index (χ2n) is 6.96. The highest BCUT2D eigenvalue weighted by atomic mass is 19.3. The maximum atomic E-state index is 13.5. The molecule has 2 atom stereocenters. The number of aliphatic hydroxyl groups is 1. The minimum absolute atomic E-state index is 0.353. The van der Waals surface area contributed by atoms with Gasteiger partial charge >= 0.3 is 0 Å². The molecule has 0 aromatic heterocycles. The Hall–Kier alpha value is -2.56. The number of hydrogen-bond donors (Lipinski definition) is 1. The molecule has 3 aromatic carbocycles. The van der Waals surface area contributed by atoms with Crippen molar-refractivity contribution in [3.8, 4) is 0 Å². The highest BCUT2D eigenvalue weighted by molar-refractivity contribution is 5.20. The topological polar surface area (TPSA) is 23.5 Å². The fraction of sp³-hybridized carbons (Fsp3) is 0.250. The van der Waals surface area contributed by atoms with Crippen LogP contribution in [0, 0.1) is 0 Å². The summed E-state index contributed by atoms with van der Waals surface area (Å²) in [5.41, 5.74) is 2.98. The van der Waals surface area contributed by atoms with Crippen LogP contribution in [-0.2, 0) is 19.5 Å². The summed E-state index contributed by atoms with van der Waals surface area (Å²) >= 11 is 0. The van der Waals surface area contributed by atoms with Gasteiger partial charge in [0.25, 0.3) is 6.43 Å². The van der Waals surface area contributed by atoms with Crippen LogP contribution in [0.5, 0.6) is 0 Å². The van der Waals surface area contributed by atoms with Crippen molar-refractivity contribution < 1.29 is 13.9 Å². The van der Waals surface area contributed by atoms with Crippen molar-refractivity contribution >= 4 is 0 Å². The predicted octanol–water partition coefficient (Wildman–Crippen LogP) is 4.93. The molecule has 0 aliphatic rings. The zero-order chi connectivity index (χ0) is 19.8. The number of nitrogens with zero attached hydrogens (tertiary/aromatic N) is 1. The number of benzene rings is 3. The molecule has 0 heterocycles. The van der Waals surface area contributed by atoms with Crippen molar-refractivity contribution in [1.29, 1.82) is 0 Å². The van der Waals surface area contributed by atoms with Gasteiger partial charge < -0.3 is 5.11 Å². The van der Waals surface area contributed by atoms with Crippen LogP contribution in [0.1, 0.15) is 16.7 Å². The summed E-state index contributed by atoms with van der Waals surface area (Å²) < 4.78 is 27.1. The highest BCUT2D eigenvalue weighted by Gasteiger charge is 2.32. The van der Waals surface area contributed by atoms with Crippen molar-refractivity contribution in [2.24, 2.45) is 0 Å². The molecule has 0 radical (unpaired) electrons. The lowest BCUT2D eigenvalue weighted by Gasteiger charge is -2.35. The van der Waals surface area contributed by atoms with Gasteiger partial charge in [0, 0.05) is 19.1 Å². The van der Waals surface area contributed by atoms with E-state index in [0.717, 1.165) is 16.7 Å². The van der Waals surface area contributed by atoms with E-state index in [1.165, 1.54) is 0 Å². The molecule has 0 aliphatic carbocycles. The third kappa shape index (κ3) is 5.72. The molecule has 0 amide bonds. The summed E-state index contributed by atoms with van der Waals surface area (Å²) in [7, 11) is 0. The molecular formula is C24H25F2NO. The van der Waals surface area contributed by atoms with Crippen LogP contribution in [0.3, 0.4) is 0 Å². The lowest BCUT2D eigenvalue weighted by atomic mass is 9.98. The van der Waals surface area contributed by atoms with Crippen molar-refractivity contribution in [3.05, 3.63) is 108 Å². The van der Waals surface area contributed by atoms with Crippen molar-refractivity contribution in [2.75, 3.05) is 0 Å². The number of halogens is 2. The summed E-state index contributed by atoms with van der Waals surface area (Å²) in [5, 5.41) is 10.4. The van der Waals surface area contributed by atoms with Gasteiger partial charge in [0.1, 0.15) is 6.10 Å². The van der Waals surface area contributed by atoms with Gasteiger partial charge in [0.2, 0.25) is 0 Å². The Morgan fingerprint density at radius 3 is 1.43 bits per heavy atom.